The molecule has 1 aliphatic carbocycles. The molecule has 29 heavy (non-hydrogen) atoms. The van der Waals surface area contributed by atoms with Crippen molar-refractivity contribution >= 4 is 27.5 Å². The fourth-order valence-electron chi connectivity index (χ4n) is 4.16. The second-order valence-electron chi connectivity index (χ2n) is 7.47. The van der Waals surface area contributed by atoms with Crippen molar-refractivity contribution in [3.63, 3.8) is 0 Å². The molecule has 5 rings (SSSR count). The summed E-state index contributed by atoms with van der Waals surface area (Å²) in [6, 6.07) is 16.6. The van der Waals surface area contributed by atoms with Crippen molar-refractivity contribution in [1.82, 2.24) is 14.7 Å². The van der Waals surface area contributed by atoms with Crippen LogP contribution in [0.15, 0.2) is 54.6 Å². The van der Waals surface area contributed by atoms with E-state index in [1.165, 1.54) is 34.6 Å². The third kappa shape index (κ3) is 2.95. The Morgan fingerprint density at radius 3 is 2.76 bits per heavy atom. The first kappa shape index (κ1) is 18.1. The molecule has 0 fully saturated rings. The maximum atomic E-state index is 13.3. The van der Waals surface area contributed by atoms with Crippen molar-refractivity contribution in [3.05, 3.63) is 82.1 Å². The minimum absolute atomic E-state index is 0.0259. The molecular formula is C23H20FN3OS. The van der Waals surface area contributed by atoms with Crippen molar-refractivity contribution < 1.29 is 9.18 Å². The average molecular weight is 405 g/mol. The summed E-state index contributed by atoms with van der Waals surface area (Å²) in [5, 5.41) is 5.54. The van der Waals surface area contributed by atoms with Gasteiger partial charge in [0.25, 0.3) is 5.91 Å². The molecule has 0 bridgehead atoms. The van der Waals surface area contributed by atoms with Crippen molar-refractivity contribution in [2.45, 2.75) is 25.8 Å². The van der Waals surface area contributed by atoms with Crippen LogP contribution in [0.5, 0.6) is 0 Å². The number of aryl methyl sites for hydroxylation is 2. The number of amides is 1. The van der Waals surface area contributed by atoms with E-state index < -0.39 is 0 Å². The zero-order chi connectivity index (χ0) is 20.1. The van der Waals surface area contributed by atoms with Crippen LogP contribution in [0.3, 0.4) is 0 Å². The highest BCUT2D eigenvalue weighted by Crippen LogP contribution is 2.37. The van der Waals surface area contributed by atoms with Gasteiger partial charge in [-0.25, -0.2) is 9.07 Å². The highest BCUT2D eigenvalue weighted by Gasteiger charge is 2.30. The van der Waals surface area contributed by atoms with E-state index >= 15 is 0 Å². The molecule has 1 unspecified atom stereocenters. The number of rotatable bonds is 3. The van der Waals surface area contributed by atoms with Crippen LogP contribution in [0.2, 0.25) is 0 Å². The predicted molar refractivity (Wildman–Crippen MR) is 113 cm³/mol. The topological polar surface area (TPSA) is 38.1 Å². The van der Waals surface area contributed by atoms with E-state index in [0.717, 1.165) is 34.4 Å². The first-order valence-corrected chi connectivity index (χ1v) is 10.4. The highest BCUT2D eigenvalue weighted by atomic mass is 32.1. The number of aromatic nitrogens is 2. The Kier molecular flexibility index (Phi) is 4.24. The Hall–Kier alpha value is -2.99. The second kappa shape index (κ2) is 6.81. The third-order valence-electron chi connectivity index (χ3n) is 5.72. The maximum Gasteiger partial charge on any atom is 0.264 e. The average Bonchev–Trinajstić information content (AvgIpc) is 3.42. The van der Waals surface area contributed by atoms with Crippen LogP contribution >= 0.6 is 11.3 Å². The molecule has 0 radical (unpaired) electrons. The standard InChI is InChI=1S/C23H20FN3OS/c1-14-19-13-21(29-23(19)27(25-14)17-10-8-16(24)9-11-17)22(28)26(2)20-12-7-15-5-3-4-6-18(15)20/h3-6,8-11,13,20H,7,12H2,1-2H3. The number of thiophene rings is 1. The van der Waals surface area contributed by atoms with Gasteiger partial charge < -0.3 is 4.90 Å². The normalized spacial score (nSPS) is 15.6. The number of hydrogen-bond acceptors (Lipinski definition) is 3. The Morgan fingerprint density at radius 2 is 1.97 bits per heavy atom. The summed E-state index contributed by atoms with van der Waals surface area (Å²) in [5.41, 5.74) is 4.21. The zero-order valence-corrected chi connectivity index (χ0v) is 17.0. The van der Waals surface area contributed by atoms with Crippen molar-refractivity contribution in [2.24, 2.45) is 0 Å². The van der Waals surface area contributed by atoms with Gasteiger partial charge in [0.2, 0.25) is 0 Å². The first-order valence-electron chi connectivity index (χ1n) is 9.63. The van der Waals surface area contributed by atoms with E-state index in [9.17, 15) is 9.18 Å². The van der Waals surface area contributed by atoms with Crippen LogP contribution < -0.4 is 0 Å². The van der Waals surface area contributed by atoms with Gasteiger partial charge in [-0.05, 0) is 61.2 Å². The van der Waals surface area contributed by atoms with Gasteiger partial charge in [-0.2, -0.15) is 5.10 Å². The largest absolute Gasteiger partial charge is 0.334 e. The number of fused-ring (bicyclic) bond motifs is 2. The van der Waals surface area contributed by atoms with E-state index in [1.807, 2.05) is 31.0 Å². The van der Waals surface area contributed by atoms with Crippen molar-refractivity contribution in [2.75, 3.05) is 7.05 Å². The molecule has 4 nitrogen and oxygen atoms in total. The molecule has 2 aromatic carbocycles. The van der Waals surface area contributed by atoms with E-state index in [2.05, 4.69) is 23.3 Å². The number of hydrogen-bond donors (Lipinski definition) is 0. The van der Waals surface area contributed by atoms with Gasteiger partial charge in [0.1, 0.15) is 10.6 Å². The fraction of sp³-hybridized carbons (Fsp3) is 0.217. The van der Waals surface area contributed by atoms with Gasteiger partial charge in [0, 0.05) is 12.4 Å². The summed E-state index contributed by atoms with van der Waals surface area (Å²) in [4.78, 5) is 16.7. The van der Waals surface area contributed by atoms with Gasteiger partial charge >= 0.3 is 0 Å². The Bertz CT molecular complexity index is 1220. The summed E-state index contributed by atoms with van der Waals surface area (Å²) >= 11 is 1.44. The molecule has 0 saturated carbocycles. The third-order valence-corrected chi connectivity index (χ3v) is 6.81. The molecule has 1 aliphatic rings. The van der Waals surface area contributed by atoms with Crippen LogP contribution in [0.25, 0.3) is 15.9 Å². The van der Waals surface area contributed by atoms with Crippen molar-refractivity contribution in [3.8, 4) is 5.69 Å². The van der Waals surface area contributed by atoms with Gasteiger partial charge in [-0.3, -0.25) is 4.79 Å². The molecule has 2 heterocycles. The second-order valence-corrected chi connectivity index (χ2v) is 8.50. The molecule has 4 aromatic rings. The maximum absolute atomic E-state index is 13.3. The van der Waals surface area contributed by atoms with E-state index in [-0.39, 0.29) is 17.8 Å². The quantitative estimate of drug-likeness (QED) is 0.464. The Morgan fingerprint density at radius 1 is 1.21 bits per heavy atom. The zero-order valence-electron chi connectivity index (χ0n) is 16.2. The van der Waals surface area contributed by atoms with Gasteiger partial charge in [0.15, 0.2) is 0 Å². The summed E-state index contributed by atoms with van der Waals surface area (Å²) in [6.07, 6.45) is 1.96. The Labute approximate surface area is 172 Å². The molecule has 2 aromatic heterocycles. The summed E-state index contributed by atoms with van der Waals surface area (Å²) in [7, 11) is 1.89. The van der Waals surface area contributed by atoms with E-state index in [0.29, 0.717) is 4.88 Å². The molecular weight excluding hydrogens is 385 g/mol. The number of nitrogens with zero attached hydrogens (tertiary/aromatic N) is 3. The van der Waals surface area contributed by atoms with Crippen LogP contribution in [0.4, 0.5) is 4.39 Å². The van der Waals surface area contributed by atoms with Crippen LogP contribution in [0.1, 0.15) is 39.0 Å². The molecule has 0 saturated heterocycles. The molecule has 146 valence electrons. The molecule has 6 heteroatoms. The SMILES string of the molecule is Cc1nn(-c2ccc(F)cc2)c2sc(C(=O)N(C)C3CCc4ccccc43)cc12. The van der Waals surface area contributed by atoms with Crippen molar-refractivity contribution in [1.29, 1.82) is 0 Å². The number of carbonyl (C=O) groups excluding carboxylic acids is 1. The first-order chi connectivity index (χ1) is 14.0. The summed E-state index contributed by atoms with van der Waals surface area (Å²) in [6.45, 7) is 1.93. The molecule has 0 spiro atoms. The summed E-state index contributed by atoms with van der Waals surface area (Å²) in [5.74, 6) is -0.257. The molecule has 1 amide bonds. The number of halogens is 1. The van der Waals surface area contributed by atoms with Crippen LogP contribution in [0, 0.1) is 12.7 Å². The highest BCUT2D eigenvalue weighted by molar-refractivity contribution is 7.20. The van der Waals surface area contributed by atoms with E-state index in [1.54, 1.807) is 16.8 Å². The predicted octanol–water partition coefficient (Wildman–Crippen LogP) is 5.29. The lowest BCUT2D eigenvalue weighted by atomic mass is 10.1. The number of benzene rings is 2. The van der Waals surface area contributed by atoms with Gasteiger partial charge in [-0.1, -0.05) is 24.3 Å². The molecule has 0 aliphatic heterocycles. The lowest BCUT2D eigenvalue weighted by Gasteiger charge is -2.25. The smallest absolute Gasteiger partial charge is 0.264 e. The summed E-state index contributed by atoms with van der Waals surface area (Å²) < 4.78 is 15.1. The minimum Gasteiger partial charge on any atom is -0.334 e. The van der Waals surface area contributed by atoms with Gasteiger partial charge in [-0.15, -0.1) is 11.3 Å². The van der Waals surface area contributed by atoms with Gasteiger partial charge in [0.05, 0.1) is 22.3 Å². The number of carbonyl (C=O) groups is 1. The van der Waals surface area contributed by atoms with E-state index in [4.69, 9.17) is 0 Å². The minimum atomic E-state index is -0.283. The Balaban J connectivity index is 1.50. The van der Waals surface area contributed by atoms with Crippen LogP contribution in [-0.4, -0.2) is 27.6 Å². The fourth-order valence-corrected chi connectivity index (χ4v) is 5.33. The van der Waals surface area contributed by atoms with Crippen LogP contribution in [-0.2, 0) is 6.42 Å². The lowest BCUT2D eigenvalue weighted by molar-refractivity contribution is 0.0735. The molecule has 0 N–H and O–H groups in total. The lowest BCUT2D eigenvalue weighted by Crippen LogP contribution is -2.29. The monoisotopic (exact) mass is 405 g/mol. The molecule has 1 atom stereocenters.